The maximum atomic E-state index is 14.5. The lowest BCUT2D eigenvalue weighted by atomic mass is 9.70. The predicted molar refractivity (Wildman–Crippen MR) is 173 cm³/mol. The average Bonchev–Trinajstić information content (AvgIpc) is 3.63. The molecule has 3 saturated heterocycles. The van der Waals surface area contributed by atoms with Gasteiger partial charge in [0, 0.05) is 23.8 Å². The van der Waals surface area contributed by atoms with E-state index in [9.17, 15) is 24.3 Å². The zero-order valence-electron chi connectivity index (χ0n) is 26.4. The number of aliphatic hydroxyl groups is 1. The molecule has 2 unspecified atom stereocenters. The fourth-order valence-corrected chi connectivity index (χ4v) is 8.15. The summed E-state index contributed by atoms with van der Waals surface area (Å²) in [5.74, 6) is -3.33. The van der Waals surface area contributed by atoms with Crippen molar-refractivity contribution in [3.05, 3.63) is 61.2 Å². The van der Waals surface area contributed by atoms with Crippen molar-refractivity contribution in [1.29, 1.82) is 0 Å². The zero-order valence-corrected chi connectivity index (χ0v) is 28.0. The molecule has 2 bridgehead atoms. The lowest BCUT2D eigenvalue weighted by Crippen LogP contribution is -2.59. The van der Waals surface area contributed by atoms with Crippen LogP contribution in [-0.4, -0.2) is 93.0 Å². The third-order valence-electron chi connectivity index (χ3n) is 9.33. The Balaban J connectivity index is 1.68. The quantitative estimate of drug-likeness (QED) is 0.154. The summed E-state index contributed by atoms with van der Waals surface area (Å²) >= 11 is 3.71. The van der Waals surface area contributed by atoms with Crippen molar-refractivity contribution in [3.63, 3.8) is 0 Å². The lowest BCUT2D eigenvalue weighted by Gasteiger charge is -2.40. The zero-order chi connectivity index (χ0) is 32.9. The van der Waals surface area contributed by atoms with Crippen LogP contribution in [0.4, 0.5) is 0 Å². The summed E-state index contributed by atoms with van der Waals surface area (Å²) < 4.78 is 12.2. The number of rotatable bonds is 16. The van der Waals surface area contributed by atoms with Crippen molar-refractivity contribution in [2.45, 2.75) is 93.6 Å². The number of carbonyl (C=O) groups is 4. The molecule has 1 spiro atoms. The van der Waals surface area contributed by atoms with Crippen molar-refractivity contribution in [3.8, 4) is 0 Å². The van der Waals surface area contributed by atoms with E-state index in [2.05, 4.69) is 34.4 Å². The molecule has 10 nitrogen and oxygen atoms in total. The number of hydrogen-bond donors (Lipinski definition) is 2. The summed E-state index contributed by atoms with van der Waals surface area (Å²) in [6.07, 6.45) is 5.29. The Hall–Kier alpha value is -3.02. The van der Waals surface area contributed by atoms with Crippen molar-refractivity contribution in [2.75, 3.05) is 19.8 Å². The second kappa shape index (κ2) is 15.0. The summed E-state index contributed by atoms with van der Waals surface area (Å²) in [4.78, 5) is 58.2. The molecule has 9 atom stereocenters. The maximum absolute atomic E-state index is 14.5. The number of hydrogen-bond acceptors (Lipinski definition) is 7. The van der Waals surface area contributed by atoms with Crippen molar-refractivity contribution in [2.24, 2.45) is 11.8 Å². The van der Waals surface area contributed by atoms with Crippen LogP contribution in [0.3, 0.4) is 0 Å². The smallest absolute Gasteiger partial charge is 0.306 e. The van der Waals surface area contributed by atoms with E-state index in [1.54, 1.807) is 24.0 Å². The fourth-order valence-electron chi connectivity index (χ4n) is 7.21. The van der Waals surface area contributed by atoms with Gasteiger partial charge in [0.15, 0.2) is 0 Å². The second-order valence-electron chi connectivity index (χ2n) is 12.3. The first-order chi connectivity index (χ1) is 21.6. The van der Waals surface area contributed by atoms with Crippen LogP contribution in [0, 0.1) is 11.8 Å². The van der Waals surface area contributed by atoms with Crippen molar-refractivity contribution >= 4 is 39.6 Å². The number of ether oxygens (including phenoxy) is 2. The van der Waals surface area contributed by atoms with Gasteiger partial charge >= 0.3 is 5.97 Å². The molecule has 0 aliphatic carbocycles. The molecule has 246 valence electrons. The number of likely N-dealkylation sites (tertiary alicyclic amines) is 1. The van der Waals surface area contributed by atoms with Crippen molar-refractivity contribution < 1.29 is 33.8 Å². The van der Waals surface area contributed by atoms with Gasteiger partial charge in [-0.1, -0.05) is 71.8 Å². The summed E-state index contributed by atoms with van der Waals surface area (Å²) in [6.45, 7) is 13.1. The summed E-state index contributed by atoms with van der Waals surface area (Å²) in [5, 5.41) is 13.2. The van der Waals surface area contributed by atoms with Gasteiger partial charge in [0.1, 0.15) is 18.2 Å². The maximum Gasteiger partial charge on any atom is 0.306 e. The normalized spacial score (nSPS) is 28.6. The number of nitrogens with zero attached hydrogens (tertiary/aromatic N) is 2. The number of nitrogens with one attached hydrogen (secondary N) is 1. The molecule has 11 heteroatoms. The number of halogens is 1. The Morgan fingerprint density at radius 3 is 2.58 bits per heavy atom. The van der Waals surface area contributed by atoms with Gasteiger partial charge in [-0.25, -0.2) is 0 Å². The molecule has 3 aliphatic rings. The fraction of sp³-hybridized carbons (Fsp3) is 0.588. The molecule has 3 amide bonds. The third kappa shape index (κ3) is 6.76. The average molecular weight is 689 g/mol. The number of alkyl halides is 1. The molecule has 4 rings (SSSR count). The number of esters is 1. The van der Waals surface area contributed by atoms with Gasteiger partial charge in [-0.15, -0.1) is 13.2 Å². The minimum absolute atomic E-state index is 0.0912. The van der Waals surface area contributed by atoms with Gasteiger partial charge in [-0.3, -0.25) is 19.2 Å². The molecule has 0 radical (unpaired) electrons. The first-order valence-electron chi connectivity index (χ1n) is 15.8. The lowest BCUT2D eigenvalue weighted by molar-refractivity contribution is -0.152. The molecule has 45 heavy (non-hydrogen) atoms. The van der Waals surface area contributed by atoms with Crippen LogP contribution in [0.1, 0.15) is 64.5 Å². The molecule has 1 aromatic carbocycles. The van der Waals surface area contributed by atoms with Crippen LogP contribution in [0.25, 0.3) is 0 Å². The number of carbonyl (C=O) groups excluding carboxylic acids is 4. The van der Waals surface area contributed by atoms with Gasteiger partial charge in [-0.2, -0.15) is 0 Å². The van der Waals surface area contributed by atoms with E-state index in [0.29, 0.717) is 19.4 Å². The Bertz CT molecular complexity index is 1260. The van der Waals surface area contributed by atoms with E-state index in [1.165, 1.54) is 4.90 Å². The third-order valence-corrected chi connectivity index (χ3v) is 10.2. The summed E-state index contributed by atoms with van der Waals surface area (Å²) in [6, 6.07) is 6.70. The molecule has 2 N–H and O–H groups in total. The monoisotopic (exact) mass is 687 g/mol. The molecular formula is C34H46BrN3O7. The van der Waals surface area contributed by atoms with E-state index in [0.717, 1.165) is 18.4 Å². The first kappa shape index (κ1) is 34.8. The molecule has 3 fully saturated rings. The summed E-state index contributed by atoms with van der Waals surface area (Å²) in [5.41, 5.74) is -0.522. The van der Waals surface area contributed by atoms with Gasteiger partial charge in [0.25, 0.3) is 0 Å². The Labute approximate surface area is 274 Å². The Kier molecular flexibility index (Phi) is 11.7. The van der Waals surface area contributed by atoms with Gasteiger partial charge in [-0.05, 0) is 38.7 Å². The van der Waals surface area contributed by atoms with E-state index >= 15 is 0 Å². The Morgan fingerprint density at radius 2 is 1.96 bits per heavy atom. The highest BCUT2D eigenvalue weighted by molar-refractivity contribution is 9.09. The molecule has 1 aromatic rings. The number of benzene rings is 1. The van der Waals surface area contributed by atoms with E-state index in [4.69, 9.17) is 9.47 Å². The highest BCUT2D eigenvalue weighted by Crippen LogP contribution is 2.60. The summed E-state index contributed by atoms with van der Waals surface area (Å²) in [7, 11) is 0. The van der Waals surface area contributed by atoms with Crippen molar-refractivity contribution in [1.82, 2.24) is 15.1 Å². The number of fused-ring (bicyclic) bond motifs is 1. The highest BCUT2D eigenvalue weighted by atomic mass is 79.9. The molecular weight excluding hydrogens is 642 g/mol. The van der Waals surface area contributed by atoms with E-state index in [1.807, 2.05) is 44.2 Å². The standard InChI is InChI=1S/C34H46BrN3O7/c1-6-9-16-26(40)44-20-25(23-14-11-10-12-15-23)36-31(41)27-28-32(42)38(22(5)19-39)30(34(28)18-24(35)29(27)45-34)33(43)37(17-8-3)21(4)13-7-2/h6,8,10-12,14-15,21-22,24-25,27-30,39H,1,3,7,9,13,16-20H2,2,4-5H3,(H,36,41)/t21?,22-,24?,25-,27-,28+,29-,30-,34+/m1/s1. The van der Waals surface area contributed by atoms with Crippen LogP contribution < -0.4 is 5.32 Å². The number of amides is 3. The van der Waals surface area contributed by atoms with Crippen LogP contribution in [0.5, 0.6) is 0 Å². The minimum Gasteiger partial charge on any atom is -0.463 e. The van der Waals surface area contributed by atoms with Gasteiger partial charge in [0.05, 0.1) is 36.6 Å². The largest absolute Gasteiger partial charge is 0.463 e. The topological polar surface area (TPSA) is 125 Å². The minimum atomic E-state index is -1.26. The SMILES string of the molecule is C=CCCC(=O)OC[C@@H](NC(=O)[C@H]1[C@@H]2O[C@@]3(CC2Br)[C@@H]1C(=O)N([C@H](C)CO)[C@@H]3C(=O)N(CC=C)C(C)CCC)c1ccccc1. The first-order valence-corrected chi connectivity index (χ1v) is 16.8. The van der Waals surface area contributed by atoms with Gasteiger partial charge < -0.3 is 29.7 Å². The second-order valence-corrected chi connectivity index (χ2v) is 13.5. The van der Waals surface area contributed by atoms with Crippen LogP contribution in [0.15, 0.2) is 55.6 Å². The van der Waals surface area contributed by atoms with Crippen LogP contribution in [-0.2, 0) is 28.7 Å². The van der Waals surface area contributed by atoms with Gasteiger partial charge in [0.2, 0.25) is 17.7 Å². The van der Waals surface area contributed by atoms with E-state index in [-0.39, 0.29) is 42.3 Å². The van der Waals surface area contributed by atoms with Crippen LogP contribution in [0.2, 0.25) is 0 Å². The van der Waals surface area contributed by atoms with E-state index < -0.39 is 53.5 Å². The van der Waals surface area contributed by atoms with Crippen LogP contribution >= 0.6 is 15.9 Å². The Morgan fingerprint density at radius 1 is 1.24 bits per heavy atom. The number of allylic oxidation sites excluding steroid dienone is 1. The molecule has 3 aliphatic heterocycles. The molecule has 3 heterocycles. The number of aliphatic hydroxyl groups excluding tert-OH is 1. The molecule has 0 aromatic heterocycles. The molecule has 0 saturated carbocycles. The highest BCUT2D eigenvalue weighted by Gasteiger charge is 2.77. The predicted octanol–water partition coefficient (Wildman–Crippen LogP) is 3.69.